The Bertz CT molecular complexity index is 1020. The van der Waals surface area contributed by atoms with E-state index in [4.69, 9.17) is 4.74 Å². The average Bonchev–Trinajstić information content (AvgIpc) is 3.17. The molecule has 6 nitrogen and oxygen atoms in total. The van der Waals surface area contributed by atoms with Gasteiger partial charge in [0.25, 0.3) is 0 Å². The summed E-state index contributed by atoms with van der Waals surface area (Å²) in [5.41, 5.74) is 4.08. The summed E-state index contributed by atoms with van der Waals surface area (Å²) < 4.78 is 6.01. The molecule has 2 aromatic carbocycles. The van der Waals surface area contributed by atoms with Crippen LogP contribution in [0.2, 0.25) is 0 Å². The van der Waals surface area contributed by atoms with Gasteiger partial charge in [0.05, 0.1) is 16.7 Å². The summed E-state index contributed by atoms with van der Waals surface area (Å²) in [7, 11) is 1.46. The van der Waals surface area contributed by atoms with Crippen LogP contribution in [-0.4, -0.2) is 27.2 Å². The van der Waals surface area contributed by atoms with E-state index in [0.29, 0.717) is 17.0 Å². The van der Waals surface area contributed by atoms with Gasteiger partial charge in [0, 0.05) is 34.2 Å². The minimum atomic E-state index is -1.01. The highest BCUT2D eigenvalue weighted by Gasteiger charge is 2.14. The highest BCUT2D eigenvalue weighted by molar-refractivity contribution is 9.10. The third-order valence-corrected chi connectivity index (χ3v) is 4.42. The van der Waals surface area contributed by atoms with E-state index in [1.165, 1.54) is 7.11 Å². The maximum absolute atomic E-state index is 9.96. The van der Waals surface area contributed by atoms with Gasteiger partial charge in [-0.15, -0.1) is 0 Å². The summed E-state index contributed by atoms with van der Waals surface area (Å²) in [4.78, 5) is 11.0. The fourth-order valence-corrected chi connectivity index (χ4v) is 3.12. The lowest BCUT2D eigenvalue weighted by Crippen LogP contribution is -2.00. The zero-order valence-corrected chi connectivity index (χ0v) is 14.4. The lowest BCUT2D eigenvalue weighted by Gasteiger charge is -2.08. The molecule has 1 atom stereocenters. The van der Waals surface area contributed by atoms with Gasteiger partial charge in [0.15, 0.2) is 6.29 Å². The number of aliphatic hydroxyl groups excluding tert-OH is 1. The molecule has 0 radical (unpaired) electrons. The Morgan fingerprint density at radius 2 is 2.12 bits per heavy atom. The number of aliphatic hydroxyl groups is 1. The molecule has 1 unspecified atom stereocenters. The molecule has 0 aliphatic rings. The molecule has 4 rings (SSSR count). The fourth-order valence-electron chi connectivity index (χ4n) is 2.76. The largest absolute Gasteiger partial charge is 0.364 e. The van der Waals surface area contributed by atoms with E-state index >= 15 is 0 Å². The van der Waals surface area contributed by atoms with Crippen LogP contribution in [0.1, 0.15) is 11.9 Å². The molecule has 4 aromatic rings. The molecule has 0 saturated heterocycles. The lowest BCUT2D eigenvalue weighted by molar-refractivity contribution is -0.0759. The van der Waals surface area contributed by atoms with Gasteiger partial charge in [-0.05, 0) is 24.3 Å². The molecule has 24 heavy (non-hydrogen) atoms. The van der Waals surface area contributed by atoms with Crippen molar-refractivity contribution in [2.45, 2.75) is 6.29 Å². The van der Waals surface area contributed by atoms with Gasteiger partial charge in [-0.3, -0.25) is 0 Å². The van der Waals surface area contributed by atoms with E-state index in [0.717, 1.165) is 26.6 Å². The first-order valence-electron chi connectivity index (χ1n) is 7.39. The summed E-state index contributed by atoms with van der Waals surface area (Å²) >= 11 is 3.49. The standard InChI is InChI=1S/C17H15BrN4O2/c1-24-16(23)10-3-2-4-13-15(10)22-17(20-13)21-14-8-19-12-6-5-9(18)7-11(12)14/h2-8,16,19,23H,1H3,(H2,20,21,22). The highest BCUT2D eigenvalue weighted by Crippen LogP contribution is 2.30. The van der Waals surface area contributed by atoms with E-state index in [1.54, 1.807) is 6.07 Å². The predicted molar refractivity (Wildman–Crippen MR) is 97.3 cm³/mol. The molecule has 2 aromatic heterocycles. The molecular weight excluding hydrogens is 372 g/mol. The lowest BCUT2D eigenvalue weighted by atomic mass is 10.2. The Morgan fingerprint density at radius 1 is 1.25 bits per heavy atom. The summed E-state index contributed by atoms with van der Waals surface area (Å²) in [5, 5.41) is 14.3. The SMILES string of the molecule is COC(O)c1cccc2[nH]c(Nc3c[nH]c4ccc(Br)cc34)nc12. The number of fused-ring (bicyclic) bond motifs is 2. The van der Waals surface area contributed by atoms with E-state index < -0.39 is 6.29 Å². The number of aromatic nitrogens is 3. The van der Waals surface area contributed by atoms with Crippen molar-refractivity contribution in [1.29, 1.82) is 0 Å². The van der Waals surface area contributed by atoms with E-state index in [-0.39, 0.29) is 0 Å². The van der Waals surface area contributed by atoms with Gasteiger partial charge in [-0.25, -0.2) is 4.98 Å². The van der Waals surface area contributed by atoms with Crippen LogP contribution in [0.5, 0.6) is 0 Å². The van der Waals surface area contributed by atoms with Crippen molar-refractivity contribution in [3.05, 3.63) is 52.6 Å². The van der Waals surface area contributed by atoms with Crippen molar-refractivity contribution < 1.29 is 9.84 Å². The molecule has 0 fully saturated rings. The number of nitrogens with zero attached hydrogens (tertiary/aromatic N) is 1. The molecule has 7 heteroatoms. The van der Waals surface area contributed by atoms with Crippen LogP contribution in [0.25, 0.3) is 21.9 Å². The zero-order chi connectivity index (χ0) is 16.7. The minimum absolute atomic E-state index is 0.599. The van der Waals surface area contributed by atoms with Gasteiger partial charge < -0.3 is 25.1 Å². The number of rotatable bonds is 4. The molecule has 2 heterocycles. The number of benzene rings is 2. The Hall–Kier alpha value is -2.35. The maximum atomic E-state index is 9.96. The van der Waals surface area contributed by atoms with Crippen molar-refractivity contribution in [3.8, 4) is 0 Å². The predicted octanol–water partition coefficient (Wildman–Crippen LogP) is 4.19. The number of hydrogen-bond donors (Lipinski definition) is 4. The molecule has 0 saturated carbocycles. The first-order chi connectivity index (χ1) is 11.7. The van der Waals surface area contributed by atoms with Crippen LogP contribution in [0.3, 0.4) is 0 Å². The summed E-state index contributed by atoms with van der Waals surface area (Å²) in [5.74, 6) is 0.599. The molecule has 122 valence electrons. The molecule has 0 aliphatic carbocycles. The number of H-pyrrole nitrogens is 2. The minimum Gasteiger partial charge on any atom is -0.364 e. The second kappa shape index (κ2) is 5.94. The second-order valence-corrected chi connectivity index (χ2v) is 6.35. The second-order valence-electron chi connectivity index (χ2n) is 5.43. The number of imidazole rings is 1. The van der Waals surface area contributed by atoms with Gasteiger partial charge >= 0.3 is 0 Å². The van der Waals surface area contributed by atoms with Crippen LogP contribution < -0.4 is 5.32 Å². The van der Waals surface area contributed by atoms with Crippen LogP contribution in [0.4, 0.5) is 11.6 Å². The third-order valence-electron chi connectivity index (χ3n) is 3.93. The number of para-hydroxylation sites is 1. The maximum Gasteiger partial charge on any atom is 0.205 e. The van der Waals surface area contributed by atoms with Gasteiger partial charge in [0.1, 0.15) is 0 Å². The van der Waals surface area contributed by atoms with Gasteiger partial charge in [0.2, 0.25) is 5.95 Å². The molecular formula is C17H15BrN4O2. The average molecular weight is 387 g/mol. The van der Waals surface area contributed by atoms with E-state index in [9.17, 15) is 5.11 Å². The van der Waals surface area contributed by atoms with Crippen molar-refractivity contribution in [2.24, 2.45) is 0 Å². The Labute approximate surface area is 146 Å². The van der Waals surface area contributed by atoms with Crippen molar-refractivity contribution in [2.75, 3.05) is 12.4 Å². The first kappa shape index (κ1) is 15.2. The third kappa shape index (κ3) is 2.56. The van der Waals surface area contributed by atoms with E-state index in [2.05, 4.69) is 36.2 Å². The first-order valence-corrected chi connectivity index (χ1v) is 8.18. The summed E-state index contributed by atoms with van der Waals surface area (Å²) in [6.07, 6.45) is 0.892. The van der Waals surface area contributed by atoms with Crippen molar-refractivity contribution in [3.63, 3.8) is 0 Å². The number of anilines is 2. The fraction of sp³-hybridized carbons (Fsp3) is 0.118. The number of ether oxygens (including phenoxy) is 1. The van der Waals surface area contributed by atoms with Crippen LogP contribution in [-0.2, 0) is 4.74 Å². The quantitative estimate of drug-likeness (QED) is 0.396. The zero-order valence-electron chi connectivity index (χ0n) is 12.8. The molecule has 0 bridgehead atoms. The van der Waals surface area contributed by atoms with Crippen molar-refractivity contribution in [1.82, 2.24) is 15.0 Å². The van der Waals surface area contributed by atoms with E-state index in [1.807, 2.05) is 36.5 Å². The number of hydrogen-bond acceptors (Lipinski definition) is 4. The monoisotopic (exact) mass is 386 g/mol. The Kier molecular flexibility index (Phi) is 3.76. The molecule has 0 spiro atoms. The van der Waals surface area contributed by atoms with Gasteiger partial charge in [-0.1, -0.05) is 28.1 Å². The number of nitrogens with one attached hydrogen (secondary N) is 3. The number of aromatic amines is 2. The molecule has 0 aliphatic heterocycles. The van der Waals surface area contributed by atoms with Gasteiger partial charge in [-0.2, -0.15) is 0 Å². The molecule has 4 N–H and O–H groups in total. The summed E-state index contributed by atoms with van der Waals surface area (Å²) in [6.45, 7) is 0. The van der Waals surface area contributed by atoms with Crippen LogP contribution >= 0.6 is 15.9 Å². The van der Waals surface area contributed by atoms with Crippen LogP contribution in [0.15, 0.2) is 47.1 Å². The Morgan fingerprint density at radius 3 is 2.96 bits per heavy atom. The van der Waals surface area contributed by atoms with Crippen LogP contribution in [0, 0.1) is 0 Å². The Balaban J connectivity index is 1.75. The van der Waals surface area contributed by atoms with Crippen molar-refractivity contribution >= 4 is 49.5 Å². The molecule has 0 amide bonds. The number of methoxy groups -OCH3 is 1. The smallest absolute Gasteiger partial charge is 0.205 e. The summed E-state index contributed by atoms with van der Waals surface area (Å²) in [6, 6.07) is 11.6. The number of halogens is 1. The topological polar surface area (TPSA) is 86.0 Å². The normalized spacial score (nSPS) is 12.8. The highest BCUT2D eigenvalue weighted by atomic mass is 79.9.